The van der Waals surface area contributed by atoms with Crippen LogP contribution in [0.3, 0.4) is 0 Å². The van der Waals surface area contributed by atoms with Crippen LogP contribution in [0.1, 0.15) is 17.2 Å². The van der Waals surface area contributed by atoms with E-state index in [9.17, 15) is 4.39 Å². The van der Waals surface area contributed by atoms with Crippen LogP contribution in [0.5, 0.6) is 0 Å². The van der Waals surface area contributed by atoms with Crippen LogP contribution in [-0.2, 0) is 0 Å². The number of piperazine rings is 1. The summed E-state index contributed by atoms with van der Waals surface area (Å²) in [6, 6.07) is 7.74. The first-order valence-electron chi connectivity index (χ1n) is 6.67. The molecule has 0 spiro atoms. The first-order valence-corrected chi connectivity index (χ1v) is 8.41. The van der Waals surface area contributed by atoms with Crippen molar-refractivity contribution in [2.45, 2.75) is 6.04 Å². The predicted octanol–water partition coefficient (Wildman–Crippen LogP) is 4.07. The molecule has 1 N–H and O–H groups in total. The zero-order valence-corrected chi connectivity index (χ0v) is 14.6. The molecular formula is C15H17BrClFN2S. The van der Waals surface area contributed by atoms with Gasteiger partial charge in [0.2, 0.25) is 0 Å². The fraction of sp³-hybridized carbons (Fsp3) is 0.333. The van der Waals surface area contributed by atoms with E-state index in [4.69, 9.17) is 0 Å². The summed E-state index contributed by atoms with van der Waals surface area (Å²) in [4.78, 5) is 2.42. The Morgan fingerprint density at radius 3 is 2.57 bits per heavy atom. The van der Waals surface area contributed by atoms with Crippen LogP contribution in [-0.4, -0.2) is 31.1 Å². The molecule has 114 valence electrons. The second-order valence-corrected chi connectivity index (χ2v) is 6.55. The molecule has 0 saturated carbocycles. The number of benzene rings is 1. The standard InChI is InChI=1S/C15H16BrFN2S.ClH/c16-13-2-1-11(9-14(13)17)15(12-3-8-20-10-12)19-6-4-18-5-7-19;/h1-3,8-10,15,18H,4-7H2;1H/t15-;/m0./s1. The topological polar surface area (TPSA) is 15.3 Å². The fourth-order valence-electron chi connectivity index (χ4n) is 2.67. The summed E-state index contributed by atoms with van der Waals surface area (Å²) in [5, 5.41) is 7.61. The van der Waals surface area contributed by atoms with Gasteiger partial charge in [-0.2, -0.15) is 11.3 Å². The van der Waals surface area contributed by atoms with Crippen LogP contribution >= 0.6 is 39.7 Å². The van der Waals surface area contributed by atoms with Crippen molar-refractivity contribution in [1.82, 2.24) is 10.2 Å². The molecule has 6 heteroatoms. The number of thiophene rings is 1. The van der Waals surface area contributed by atoms with Gasteiger partial charge in [0.25, 0.3) is 0 Å². The predicted molar refractivity (Wildman–Crippen MR) is 92.0 cm³/mol. The van der Waals surface area contributed by atoms with Crippen molar-refractivity contribution in [3.63, 3.8) is 0 Å². The quantitative estimate of drug-likeness (QED) is 0.848. The number of hydrogen-bond acceptors (Lipinski definition) is 3. The van der Waals surface area contributed by atoms with Gasteiger partial charge in [-0.3, -0.25) is 4.90 Å². The van der Waals surface area contributed by atoms with E-state index in [2.05, 4.69) is 43.0 Å². The zero-order valence-electron chi connectivity index (χ0n) is 11.4. The van der Waals surface area contributed by atoms with Crippen molar-refractivity contribution >= 4 is 39.7 Å². The van der Waals surface area contributed by atoms with Gasteiger partial charge in [0.05, 0.1) is 10.5 Å². The summed E-state index contributed by atoms with van der Waals surface area (Å²) in [6.07, 6.45) is 0. The molecule has 1 fully saturated rings. The fourth-order valence-corrected chi connectivity index (χ4v) is 3.59. The van der Waals surface area contributed by atoms with Gasteiger partial charge in [-0.15, -0.1) is 12.4 Å². The van der Waals surface area contributed by atoms with Crippen LogP contribution in [0.15, 0.2) is 39.5 Å². The van der Waals surface area contributed by atoms with Crippen molar-refractivity contribution < 1.29 is 4.39 Å². The molecule has 0 unspecified atom stereocenters. The second-order valence-electron chi connectivity index (χ2n) is 4.92. The van der Waals surface area contributed by atoms with E-state index in [1.165, 1.54) is 5.56 Å². The van der Waals surface area contributed by atoms with E-state index >= 15 is 0 Å². The second kappa shape index (κ2) is 7.70. The average Bonchev–Trinajstić information content (AvgIpc) is 2.98. The molecule has 1 aromatic carbocycles. The Balaban J connectivity index is 0.00000161. The largest absolute Gasteiger partial charge is 0.314 e. The van der Waals surface area contributed by atoms with E-state index in [1.54, 1.807) is 23.5 Å². The molecule has 2 heterocycles. The lowest BCUT2D eigenvalue weighted by Crippen LogP contribution is -2.45. The van der Waals surface area contributed by atoms with Gasteiger partial charge in [0.1, 0.15) is 5.82 Å². The molecule has 1 saturated heterocycles. The van der Waals surface area contributed by atoms with Gasteiger partial charge in [0.15, 0.2) is 0 Å². The van der Waals surface area contributed by atoms with Gasteiger partial charge in [-0.05, 0) is 56.0 Å². The molecule has 1 aromatic heterocycles. The summed E-state index contributed by atoms with van der Waals surface area (Å²) in [7, 11) is 0. The Kier molecular flexibility index (Phi) is 6.20. The first kappa shape index (κ1) is 16.9. The third-order valence-corrected chi connectivity index (χ3v) is 4.98. The molecule has 0 amide bonds. The van der Waals surface area contributed by atoms with Gasteiger partial charge >= 0.3 is 0 Å². The highest BCUT2D eigenvalue weighted by Crippen LogP contribution is 2.32. The molecule has 21 heavy (non-hydrogen) atoms. The Hall–Kier alpha value is -0.460. The maximum absolute atomic E-state index is 13.9. The Labute approximate surface area is 142 Å². The summed E-state index contributed by atoms with van der Waals surface area (Å²) < 4.78 is 14.4. The highest BCUT2D eigenvalue weighted by molar-refractivity contribution is 9.10. The van der Waals surface area contributed by atoms with Crippen LogP contribution in [0.25, 0.3) is 0 Å². The van der Waals surface area contributed by atoms with Gasteiger partial charge in [-0.25, -0.2) is 4.39 Å². The Morgan fingerprint density at radius 1 is 1.19 bits per heavy atom. The third kappa shape index (κ3) is 3.85. The van der Waals surface area contributed by atoms with Gasteiger partial charge in [0, 0.05) is 26.2 Å². The molecule has 1 aliphatic heterocycles. The van der Waals surface area contributed by atoms with Gasteiger partial charge < -0.3 is 5.32 Å². The molecule has 1 atom stereocenters. The highest BCUT2D eigenvalue weighted by atomic mass is 79.9. The molecule has 0 bridgehead atoms. The van der Waals surface area contributed by atoms with Crippen molar-refractivity contribution in [3.05, 3.63) is 56.4 Å². The maximum atomic E-state index is 13.9. The SMILES string of the molecule is Cl.Fc1cc([C@@H](c2ccsc2)N2CCNCC2)ccc1Br. The summed E-state index contributed by atoms with van der Waals surface area (Å²) >= 11 is 4.92. The van der Waals surface area contributed by atoms with Gasteiger partial charge in [-0.1, -0.05) is 6.07 Å². The lowest BCUT2D eigenvalue weighted by molar-refractivity contribution is 0.198. The minimum Gasteiger partial charge on any atom is -0.314 e. The lowest BCUT2D eigenvalue weighted by atomic mass is 9.99. The molecule has 3 rings (SSSR count). The number of rotatable bonds is 3. The summed E-state index contributed by atoms with van der Waals surface area (Å²) in [5.74, 6) is -0.196. The van der Waals surface area contributed by atoms with E-state index in [1.807, 2.05) is 6.07 Å². The van der Waals surface area contributed by atoms with E-state index < -0.39 is 0 Å². The molecule has 2 aromatic rings. The first-order chi connectivity index (χ1) is 9.75. The van der Waals surface area contributed by atoms with Crippen molar-refractivity contribution in [2.24, 2.45) is 0 Å². The molecule has 2 nitrogen and oxygen atoms in total. The molecular weight excluding hydrogens is 375 g/mol. The van der Waals surface area contributed by atoms with E-state index in [0.29, 0.717) is 4.47 Å². The maximum Gasteiger partial charge on any atom is 0.137 e. The van der Waals surface area contributed by atoms with Crippen LogP contribution < -0.4 is 5.32 Å². The molecule has 0 aliphatic carbocycles. The number of nitrogens with zero attached hydrogens (tertiary/aromatic N) is 1. The minimum absolute atomic E-state index is 0. The highest BCUT2D eigenvalue weighted by Gasteiger charge is 2.24. The zero-order chi connectivity index (χ0) is 13.9. The van der Waals surface area contributed by atoms with Crippen LogP contribution in [0.4, 0.5) is 4.39 Å². The number of nitrogens with one attached hydrogen (secondary N) is 1. The van der Waals surface area contributed by atoms with Crippen molar-refractivity contribution in [3.8, 4) is 0 Å². The van der Waals surface area contributed by atoms with Crippen molar-refractivity contribution in [1.29, 1.82) is 0 Å². The summed E-state index contributed by atoms with van der Waals surface area (Å²) in [5.41, 5.74) is 2.27. The number of hydrogen-bond donors (Lipinski definition) is 1. The Bertz CT molecular complexity index is 573. The third-order valence-electron chi connectivity index (χ3n) is 3.64. The molecule has 1 aliphatic rings. The van der Waals surface area contributed by atoms with Crippen LogP contribution in [0.2, 0.25) is 0 Å². The van der Waals surface area contributed by atoms with E-state index in [-0.39, 0.29) is 24.3 Å². The lowest BCUT2D eigenvalue weighted by Gasteiger charge is -2.35. The van der Waals surface area contributed by atoms with Crippen molar-refractivity contribution in [2.75, 3.05) is 26.2 Å². The average molecular weight is 392 g/mol. The number of halogens is 3. The van der Waals surface area contributed by atoms with Crippen LogP contribution in [0, 0.1) is 5.82 Å². The normalized spacial score (nSPS) is 17.2. The smallest absolute Gasteiger partial charge is 0.137 e. The minimum atomic E-state index is -0.196. The Morgan fingerprint density at radius 2 is 1.95 bits per heavy atom. The summed E-state index contributed by atoms with van der Waals surface area (Å²) in [6.45, 7) is 3.94. The monoisotopic (exact) mass is 390 g/mol. The van der Waals surface area contributed by atoms with E-state index in [0.717, 1.165) is 31.7 Å². The molecule has 0 radical (unpaired) electrons.